The van der Waals surface area contributed by atoms with Crippen LogP contribution in [0.25, 0.3) is 0 Å². The third kappa shape index (κ3) is 2.72. The van der Waals surface area contributed by atoms with Crippen LogP contribution in [0, 0.1) is 5.92 Å². The first-order chi connectivity index (χ1) is 7.84. The predicted octanol–water partition coefficient (Wildman–Crippen LogP) is 0.578. The van der Waals surface area contributed by atoms with Crippen LogP contribution in [0.15, 0.2) is 0 Å². The summed E-state index contributed by atoms with van der Waals surface area (Å²) in [6.07, 6.45) is 0.709. The van der Waals surface area contributed by atoms with Gasteiger partial charge < -0.3 is 20.1 Å². The average Bonchev–Trinajstić information content (AvgIpc) is 2.56. The van der Waals surface area contributed by atoms with Gasteiger partial charge in [-0.3, -0.25) is 0 Å². The van der Waals surface area contributed by atoms with E-state index >= 15 is 0 Å². The lowest BCUT2D eigenvalue weighted by atomic mass is 9.86. The molecule has 0 aliphatic carbocycles. The molecule has 0 aromatic heterocycles. The quantitative estimate of drug-likeness (QED) is 0.706. The van der Waals surface area contributed by atoms with Gasteiger partial charge in [-0.15, -0.1) is 0 Å². The number of nitrogens with zero attached hydrogens (tertiary/aromatic N) is 1. The van der Waals surface area contributed by atoms with E-state index in [0.29, 0.717) is 19.0 Å². The van der Waals surface area contributed by atoms with Crippen molar-refractivity contribution in [3.63, 3.8) is 0 Å². The largest absolute Gasteiger partial charge is 0.444 e. The molecule has 5 heteroatoms. The highest BCUT2D eigenvalue weighted by Crippen LogP contribution is 2.33. The van der Waals surface area contributed by atoms with E-state index in [4.69, 9.17) is 9.84 Å². The molecule has 2 rings (SSSR count). The fourth-order valence-corrected chi connectivity index (χ4v) is 2.57. The van der Waals surface area contributed by atoms with Crippen molar-refractivity contribution in [2.75, 3.05) is 26.2 Å². The van der Waals surface area contributed by atoms with Crippen molar-refractivity contribution in [1.29, 1.82) is 0 Å². The van der Waals surface area contributed by atoms with Crippen LogP contribution in [-0.4, -0.2) is 53.5 Å². The summed E-state index contributed by atoms with van der Waals surface area (Å²) >= 11 is 0. The van der Waals surface area contributed by atoms with Gasteiger partial charge in [0.05, 0.1) is 5.54 Å². The minimum atomic E-state index is -0.434. The maximum absolute atomic E-state index is 11.8. The molecule has 0 bridgehead atoms. The Morgan fingerprint density at radius 1 is 1.53 bits per heavy atom. The van der Waals surface area contributed by atoms with E-state index in [1.165, 1.54) is 0 Å². The SMILES string of the molecule is CC(C)(C)OC(=O)N1CC2(CC(CO)CN2)C1. The summed E-state index contributed by atoms with van der Waals surface area (Å²) in [5.74, 6) is 0.329. The maximum atomic E-state index is 11.8. The molecule has 1 amide bonds. The van der Waals surface area contributed by atoms with Gasteiger partial charge >= 0.3 is 6.09 Å². The topological polar surface area (TPSA) is 61.8 Å². The Balaban J connectivity index is 1.81. The molecule has 2 aliphatic rings. The highest BCUT2D eigenvalue weighted by Gasteiger charge is 2.50. The number of aliphatic hydroxyl groups excluding tert-OH is 1. The molecule has 1 spiro atoms. The number of aliphatic hydroxyl groups is 1. The first-order valence-electron chi connectivity index (χ1n) is 6.17. The van der Waals surface area contributed by atoms with E-state index in [-0.39, 0.29) is 18.2 Å². The van der Waals surface area contributed by atoms with Crippen LogP contribution >= 0.6 is 0 Å². The average molecular weight is 242 g/mol. The third-order valence-corrected chi connectivity index (χ3v) is 3.34. The number of carbonyl (C=O) groups excluding carboxylic acids is 1. The van der Waals surface area contributed by atoms with Crippen molar-refractivity contribution in [1.82, 2.24) is 10.2 Å². The number of amides is 1. The summed E-state index contributed by atoms with van der Waals surface area (Å²) in [4.78, 5) is 13.5. The maximum Gasteiger partial charge on any atom is 0.410 e. The Hall–Kier alpha value is -0.810. The smallest absolute Gasteiger partial charge is 0.410 e. The van der Waals surface area contributed by atoms with Crippen LogP contribution in [-0.2, 0) is 4.74 Å². The van der Waals surface area contributed by atoms with Gasteiger partial charge in [0, 0.05) is 26.2 Å². The standard InChI is InChI=1S/C12H22N2O3/c1-11(2,3)17-10(16)14-7-12(8-14)4-9(6-15)5-13-12/h9,13,15H,4-8H2,1-3H3. The van der Waals surface area contributed by atoms with Crippen molar-refractivity contribution in [2.45, 2.75) is 38.3 Å². The molecule has 0 radical (unpaired) electrons. The molecule has 5 nitrogen and oxygen atoms in total. The minimum Gasteiger partial charge on any atom is -0.444 e. The minimum absolute atomic E-state index is 0.0320. The molecule has 1 unspecified atom stereocenters. The van der Waals surface area contributed by atoms with Crippen molar-refractivity contribution in [3.8, 4) is 0 Å². The summed E-state index contributed by atoms with van der Waals surface area (Å²) < 4.78 is 5.31. The summed E-state index contributed by atoms with van der Waals surface area (Å²) in [5.41, 5.74) is -0.402. The zero-order chi connectivity index (χ0) is 12.7. The Morgan fingerprint density at radius 2 is 2.18 bits per heavy atom. The van der Waals surface area contributed by atoms with Gasteiger partial charge in [-0.1, -0.05) is 0 Å². The summed E-state index contributed by atoms with van der Waals surface area (Å²) in [7, 11) is 0. The molecule has 0 aromatic rings. The Bertz CT molecular complexity index is 305. The fourth-order valence-electron chi connectivity index (χ4n) is 2.57. The van der Waals surface area contributed by atoms with Gasteiger partial charge in [-0.2, -0.15) is 0 Å². The Labute approximate surface area is 102 Å². The molecule has 2 heterocycles. The molecule has 2 aliphatic heterocycles. The van der Waals surface area contributed by atoms with E-state index in [0.717, 1.165) is 13.0 Å². The zero-order valence-corrected chi connectivity index (χ0v) is 10.8. The van der Waals surface area contributed by atoms with E-state index in [1.54, 1.807) is 4.90 Å². The third-order valence-electron chi connectivity index (χ3n) is 3.34. The van der Waals surface area contributed by atoms with Crippen molar-refractivity contribution in [3.05, 3.63) is 0 Å². The number of likely N-dealkylation sites (tertiary alicyclic amines) is 1. The van der Waals surface area contributed by atoms with E-state index in [2.05, 4.69) is 5.32 Å². The molecule has 98 valence electrons. The van der Waals surface area contributed by atoms with Crippen LogP contribution in [0.3, 0.4) is 0 Å². The number of carbonyl (C=O) groups is 1. The van der Waals surface area contributed by atoms with Gasteiger partial charge in [-0.25, -0.2) is 4.79 Å². The monoisotopic (exact) mass is 242 g/mol. The van der Waals surface area contributed by atoms with Gasteiger partial charge in [-0.05, 0) is 33.1 Å². The van der Waals surface area contributed by atoms with Gasteiger partial charge in [0.2, 0.25) is 0 Å². The lowest BCUT2D eigenvalue weighted by Crippen LogP contribution is -2.68. The summed E-state index contributed by atoms with van der Waals surface area (Å²) in [6.45, 7) is 8.07. The zero-order valence-electron chi connectivity index (χ0n) is 10.8. The normalized spacial score (nSPS) is 27.1. The second-order valence-corrected chi connectivity index (χ2v) is 6.25. The molecule has 0 saturated carbocycles. The summed E-state index contributed by atoms with van der Waals surface area (Å²) in [6, 6.07) is 0. The molecule has 2 saturated heterocycles. The lowest BCUT2D eigenvalue weighted by Gasteiger charge is -2.48. The van der Waals surface area contributed by atoms with Crippen molar-refractivity contribution in [2.24, 2.45) is 5.92 Å². The molecule has 2 N–H and O–H groups in total. The second kappa shape index (κ2) is 4.14. The molecule has 1 atom stereocenters. The van der Waals surface area contributed by atoms with Crippen LogP contribution in [0.4, 0.5) is 4.79 Å². The Morgan fingerprint density at radius 3 is 2.65 bits per heavy atom. The van der Waals surface area contributed by atoms with E-state index in [9.17, 15) is 4.79 Å². The van der Waals surface area contributed by atoms with Gasteiger partial charge in [0.25, 0.3) is 0 Å². The second-order valence-electron chi connectivity index (χ2n) is 6.25. The lowest BCUT2D eigenvalue weighted by molar-refractivity contribution is -0.0132. The number of rotatable bonds is 1. The van der Waals surface area contributed by atoms with Crippen LogP contribution in [0.1, 0.15) is 27.2 Å². The highest BCUT2D eigenvalue weighted by atomic mass is 16.6. The number of hydrogen-bond donors (Lipinski definition) is 2. The highest BCUT2D eigenvalue weighted by molar-refractivity contribution is 5.69. The number of ether oxygens (including phenoxy) is 1. The molecule has 17 heavy (non-hydrogen) atoms. The predicted molar refractivity (Wildman–Crippen MR) is 63.7 cm³/mol. The van der Waals surface area contributed by atoms with Crippen molar-refractivity contribution < 1.29 is 14.6 Å². The van der Waals surface area contributed by atoms with E-state index in [1.807, 2.05) is 20.8 Å². The van der Waals surface area contributed by atoms with Gasteiger partial charge in [0.1, 0.15) is 5.60 Å². The number of hydrogen-bond acceptors (Lipinski definition) is 4. The van der Waals surface area contributed by atoms with Crippen LogP contribution in [0.5, 0.6) is 0 Å². The van der Waals surface area contributed by atoms with Crippen LogP contribution in [0.2, 0.25) is 0 Å². The first kappa shape index (κ1) is 12.6. The summed E-state index contributed by atoms with van der Waals surface area (Å²) in [5, 5.41) is 12.5. The van der Waals surface area contributed by atoms with Crippen molar-refractivity contribution >= 4 is 6.09 Å². The molecular weight excluding hydrogens is 220 g/mol. The fraction of sp³-hybridized carbons (Fsp3) is 0.917. The molecular formula is C12H22N2O3. The molecule has 0 aromatic carbocycles. The van der Waals surface area contributed by atoms with Crippen LogP contribution < -0.4 is 5.32 Å². The van der Waals surface area contributed by atoms with E-state index < -0.39 is 5.60 Å². The van der Waals surface area contributed by atoms with Gasteiger partial charge in [0.15, 0.2) is 0 Å². The first-order valence-corrected chi connectivity index (χ1v) is 6.17. The number of nitrogens with one attached hydrogen (secondary N) is 1. The molecule has 2 fully saturated rings. The Kier molecular flexibility index (Phi) is 3.08.